The van der Waals surface area contributed by atoms with Gasteiger partial charge >= 0.3 is 0 Å². The van der Waals surface area contributed by atoms with E-state index in [1.165, 1.54) is 11.1 Å². The molecule has 2 rings (SSSR count). The van der Waals surface area contributed by atoms with E-state index in [9.17, 15) is 0 Å². The van der Waals surface area contributed by atoms with Crippen LogP contribution in [-0.4, -0.2) is 7.11 Å². The van der Waals surface area contributed by atoms with Crippen LogP contribution in [0.1, 0.15) is 24.3 Å². The number of allylic oxidation sites excluding steroid dienone is 5. The molecule has 1 aliphatic carbocycles. The number of rotatable bonds is 5. The summed E-state index contributed by atoms with van der Waals surface area (Å²) in [6.07, 6.45) is 10.5. The summed E-state index contributed by atoms with van der Waals surface area (Å²) in [6, 6.07) is 8.24. The van der Waals surface area contributed by atoms with Crippen LogP contribution in [0.3, 0.4) is 0 Å². The molecule has 0 bridgehead atoms. The van der Waals surface area contributed by atoms with Gasteiger partial charge in [0.1, 0.15) is 5.75 Å². The van der Waals surface area contributed by atoms with Gasteiger partial charge in [0.05, 0.1) is 7.11 Å². The SMILES string of the molecule is C=CCC(C1=CC=CC1)c1ccccc1OC. The van der Waals surface area contributed by atoms with E-state index < -0.39 is 0 Å². The fourth-order valence-corrected chi connectivity index (χ4v) is 2.32. The molecule has 0 N–H and O–H groups in total. The Balaban J connectivity index is 2.34. The normalized spacial score (nSPS) is 15.5. The molecule has 1 aliphatic rings. The first-order chi connectivity index (χ1) is 8.36. The maximum Gasteiger partial charge on any atom is 0.122 e. The highest BCUT2D eigenvalue weighted by atomic mass is 16.5. The molecule has 1 aromatic carbocycles. The van der Waals surface area contributed by atoms with Crippen LogP contribution < -0.4 is 4.74 Å². The van der Waals surface area contributed by atoms with Gasteiger partial charge in [0.15, 0.2) is 0 Å². The van der Waals surface area contributed by atoms with Crippen molar-refractivity contribution in [3.8, 4) is 5.75 Å². The van der Waals surface area contributed by atoms with Crippen LogP contribution in [0.25, 0.3) is 0 Å². The van der Waals surface area contributed by atoms with Crippen LogP contribution in [0.2, 0.25) is 0 Å². The summed E-state index contributed by atoms with van der Waals surface area (Å²) in [5, 5.41) is 0. The molecule has 1 unspecified atom stereocenters. The smallest absolute Gasteiger partial charge is 0.122 e. The maximum atomic E-state index is 5.45. The van der Waals surface area contributed by atoms with E-state index in [1.54, 1.807) is 7.11 Å². The van der Waals surface area contributed by atoms with Crippen LogP contribution in [0.5, 0.6) is 5.75 Å². The Morgan fingerprint density at radius 3 is 2.88 bits per heavy atom. The van der Waals surface area contributed by atoms with E-state index in [-0.39, 0.29) is 0 Å². The number of para-hydroxylation sites is 1. The summed E-state index contributed by atoms with van der Waals surface area (Å²) in [6.45, 7) is 3.86. The molecule has 17 heavy (non-hydrogen) atoms. The molecule has 1 aromatic rings. The van der Waals surface area contributed by atoms with Crippen LogP contribution in [0, 0.1) is 0 Å². The lowest BCUT2D eigenvalue weighted by Crippen LogP contribution is -2.03. The van der Waals surface area contributed by atoms with Gasteiger partial charge in [-0.1, -0.05) is 48.1 Å². The van der Waals surface area contributed by atoms with Gasteiger partial charge < -0.3 is 4.74 Å². The van der Waals surface area contributed by atoms with Crippen molar-refractivity contribution in [1.82, 2.24) is 0 Å². The minimum absolute atomic E-state index is 0.388. The summed E-state index contributed by atoms with van der Waals surface area (Å²) in [7, 11) is 1.73. The average Bonchev–Trinajstić information content (AvgIpc) is 2.89. The third kappa shape index (κ3) is 2.50. The van der Waals surface area contributed by atoms with Crippen LogP contribution in [0.4, 0.5) is 0 Å². The summed E-state index contributed by atoms with van der Waals surface area (Å²) in [4.78, 5) is 0. The van der Waals surface area contributed by atoms with E-state index in [1.807, 2.05) is 18.2 Å². The third-order valence-electron chi connectivity index (χ3n) is 3.16. The molecule has 1 heteroatoms. The molecule has 1 nitrogen and oxygen atoms in total. The Kier molecular flexibility index (Phi) is 3.81. The molecule has 0 fully saturated rings. The molecule has 0 saturated heterocycles. The zero-order valence-electron chi connectivity index (χ0n) is 10.2. The molecule has 0 aromatic heterocycles. The lowest BCUT2D eigenvalue weighted by atomic mass is 9.87. The largest absolute Gasteiger partial charge is 0.496 e. The first-order valence-corrected chi connectivity index (χ1v) is 5.96. The molecule has 0 saturated carbocycles. The van der Waals surface area contributed by atoms with Crippen LogP contribution in [-0.2, 0) is 0 Å². The van der Waals surface area contributed by atoms with Gasteiger partial charge in [-0.3, -0.25) is 0 Å². The van der Waals surface area contributed by atoms with Gasteiger partial charge in [-0.2, -0.15) is 0 Å². The van der Waals surface area contributed by atoms with Crippen molar-refractivity contribution in [2.24, 2.45) is 0 Å². The lowest BCUT2D eigenvalue weighted by molar-refractivity contribution is 0.407. The molecule has 1 atom stereocenters. The van der Waals surface area contributed by atoms with Gasteiger partial charge in [0.2, 0.25) is 0 Å². The Hall–Kier alpha value is -1.76. The van der Waals surface area contributed by atoms with Crippen molar-refractivity contribution in [1.29, 1.82) is 0 Å². The molecule has 0 aliphatic heterocycles. The third-order valence-corrected chi connectivity index (χ3v) is 3.16. The van der Waals surface area contributed by atoms with E-state index in [0.717, 1.165) is 18.6 Å². The Labute approximate surface area is 103 Å². The van der Waals surface area contributed by atoms with Gasteiger partial charge in [0.25, 0.3) is 0 Å². The standard InChI is InChI=1S/C16H18O/c1-3-8-14(13-9-4-5-10-13)15-11-6-7-12-16(15)17-2/h3-7,9,11-12,14H,1,8,10H2,2H3. The number of hydrogen-bond acceptors (Lipinski definition) is 1. The number of hydrogen-bond donors (Lipinski definition) is 0. The summed E-state index contributed by atoms with van der Waals surface area (Å²) < 4.78 is 5.45. The van der Waals surface area contributed by atoms with Crippen molar-refractivity contribution in [3.05, 3.63) is 66.3 Å². The quantitative estimate of drug-likeness (QED) is 0.682. The van der Waals surface area contributed by atoms with Crippen molar-refractivity contribution in [2.75, 3.05) is 7.11 Å². The second kappa shape index (κ2) is 5.53. The average molecular weight is 226 g/mol. The minimum atomic E-state index is 0.388. The second-order valence-electron chi connectivity index (χ2n) is 4.19. The van der Waals surface area contributed by atoms with Crippen molar-refractivity contribution in [2.45, 2.75) is 18.8 Å². The number of ether oxygens (including phenoxy) is 1. The number of benzene rings is 1. The van der Waals surface area contributed by atoms with E-state index in [0.29, 0.717) is 5.92 Å². The monoisotopic (exact) mass is 226 g/mol. The predicted molar refractivity (Wildman–Crippen MR) is 72.4 cm³/mol. The first kappa shape index (κ1) is 11.7. The molecule has 0 amide bonds. The highest BCUT2D eigenvalue weighted by molar-refractivity contribution is 5.43. The highest BCUT2D eigenvalue weighted by Gasteiger charge is 2.19. The second-order valence-corrected chi connectivity index (χ2v) is 4.19. The first-order valence-electron chi connectivity index (χ1n) is 5.96. The maximum absolute atomic E-state index is 5.45. The molecule has 0 radical (unpaired) electrons. The summed E-state index contributed by atoms with van der Waals surface area (Å²) in [5.41, 5.74) is 2.69. The van der Waals surface area contributed by atoms with Crippen molar-refractivity contribution in [3.63, 3.8) is 0 Å². The van der Waals surface area contributed by atoms with Crippen molar-refractivity contribution >= 4 is 0 Å². The summed E-state index contributed by atoms with van der Waals surface area (Å²) >= 11 is 0. The number of methoxy groups -OCH3 is 1. The van der Waals surface area contributed by atoms with E-state index in [4.69, 9.17) is 4.74 Å². The fourth-order valence-electron chi connectivity index (χ4n) is 2.32. The minimum Gasteiger partial charge on any atom is -0.496 e. The summed E-state index contributed by atoms with van der Waals surface area (Å²) in [5.74, 6) is 1.35. The predicted octanol–water partition coefficient (Wildman–Crippen LogP) is 4.24. The van der Waals surface area contributed by atoms with Crippen molar-refractivity contribution < 1.29 is 4.74 Å². The Morgan fingerprint density at radius 2 is 2.24 bits per heavy atom. The zero-order chi connectivity index (χ0) is 12.1. The molecular weight excluding hydrogens is 208 g/mol. The lowest BCUT2D eigenvalue weighted by Gasteiger charge is -2.20. The molecular formula is C16H18O. The fraction of sp³-hybridized carbons (Fsp3) is 0.250. The van der Waals surface area contributed by atoms with E-state index in [2.05, 4.69) is 36.9 Å². The van der Waals surface area contributed by atoms with Gasteiger partial charge in [-0.25, -0.2) is 0 Å². The van der Waals surface area contributed by atoms with Gasteiger partial charge in [-0.15, -0.1) is 6.58 Å². The molecule has 0 heterocycles. The Morgan fingerprint density at radius 1 is 1.41 bits per heavy atom. The van der Waals surface area contributed by atoms with E-state index >= 15 is 0 Å². The molecule has 88 valence electrons. The highest BCUT2D eigenvalue weighted by Crippen LogP contribution is 2.37. The van der Waals surface area contributed by atoms with Gasteiger partial charge in [0, 0.05) is 11.5 Å². The Bertz CT molecular complexity index is 454. The van der Waals surface area contributed by atoms with Gasteiger partial charge in [-0.05, 0) is 18.9 Å². The topological polar surface area (TPSA) is 9.23 Å². The molecule has 0 spiro atoms. The van der Waals surface area contributed by atoms with Crippen LogP contribution in [0.15, 0.2) is 60.7 Å². The van der Waals surface area contributed by atoms with Crippen LogP contribution >= 0.6 is 0 Å². The zero-order valence-corrected chi connectivity index (χ0v) is 10.2.